The summed E-state index contributed by atoms with van der Waals surface area (Å²) in [6.07, 6.45) is 5.36. The molecule has 0 unspecified atom stereocenters. The maximum absolute atomic E-state index is 12.0. The van der Waals surface area contributed by atoms with Crippen molar-refractivity contribution in [1.82, 2.24) is 9.97 Å². The highest BCUT2D eigenvalue weighted by Gasteiger charge is 2.06. The largest absolute Gasteiger partial charge is 0.417 e. The number of nitrogens with zero attached hydrogens (tertiary/aromatic N) is 1. The van der Waals surface area contributed by atoms with Crippen LogP contribution >= 0.6 is 0 Å². The first-order chi connectivity index (χ1) is 13.7. The van der Waals surface area contributed by atoms with Gasteiger partial charge in [0.2, 0.25) is 5.91 Å². The highest BCUT2D eigenvalue weighted by atomic mass is 16.4. The lowest BCUT2D eigenvalue weighted by molar-refractivity contribution is -0.116. The molecule has 2 aromatic carbocycles. The van der Waals surface area contributed by atoms with Crippen molar-refractivity contribution in [3.05, 3.63) is 83.1 Å². The second kappa shape index (κ2) is 7.92. The summed E-state index contributed by atoms with van der Waals surface area (Å²) in [5, 5.41) is 2.84. The minimum Gasteiger partial charge on any atom is -0.408 e. The normalized spacial score (nSPS) is 10.9. The van der Waals surface area contributed by atoms with Crippen LogP contribution in [0.2, 0.25) is 0 Å². The number of aromatic nitrogens is 2. The fourth-order valence-corrected chi connectivity index (χ4v) is 3.10. The zero-order chi connectivity index (χ0) is 19.3. The molecular weight excluding hydrogens is 354 g/mol. The van der Waals surface area contributed by atoms with Gasteiger partial charge >= 0.3 is 5.76 Å². The third-order valence-electron chi connectivity index (χ3n) is 4.52. The van der Waals surface area contributed by atoms with E-state index in [0.717, 1.165) is 24.0 Å². The minimum absolute atomic E-state index is 0.00841. The van der Waals surface area contributed by atoms with Crippen molar-refractivity contribution >= 4 is 22.7 Å². The number of anilines is 1. The number of hydrogen-bond donors (Lipinski definition) is 2. The van der Waals surface area contributed by atoms with Crippen LogP contribution in [0.4, 0.5) is 5.69 Å². The number of amides is 1. The van der Waals surface area contributed by atoms with E-state index in [0.29, 0.717) is 23.2 Å². The molecule has 0 aliphatic carbocycles. The van der Waals surface area contributed by atoms with E-state index < -0.39 is 5.76 Å². The van der Waals surface area contributed by atoms with Crippen molar-refractivity contribution in [2.45, 2.75) is 19.3 Å². The second-order valence-corrected chi connectivity index (χ2v) is 6.57. The van der Waals surface area contributed by atoms with Gasteiger partial charge in [-0.2, -0.15) is 0 Å². The molecule has 2 aromatic heterocycles. The van der Waals surface area contributed by atoms with Crippen molar-refractivity contribution in [3.63, 3.8) is 0 Å². The molecule has 0 radical (unpaired) electrons. The van der Waals surface area contributed by atoms with Gasteiger partial charge in [-0.1, -0.05) is 30.3 Å². The summed E-state index contributed by atoms with van der Waals surface area (Å²) in [4.78, 5) is 29.9. The lowest BCUT2D eigenvalue weighted by Crippen LogP contribution is -2.11. The molecule has 0 saturated heterocycles. The first kappa shape index (κ1) is 17.7. The molecule has 0 aliphatic heterocycles. The second-order valence-electron chi connectivity index (χ2n) is 6.57. The average molecular weight is 373 g/mol. The Hall–Kier alpha value is -3.67. The van der Waals surface area contributed by atoms with Crippen LogP contribution in [-0.4, -0.2) is 15.9 Å². The first-order valence-electron chi connectivity index (χ1n) is 9.09. The molecule has 4 aromatic rings. The van der Waals surface area contributed by atoms with E-state index >= 15 is 0 Å². The van der Waals surface area contributed by atoms with Crippen molar-refractivity contribution in [2.24, 2.45) is 0 Å². The molecule has 0 fully saturated rings. The highest BCUT2D eigenvalue weighted by molar-refractivity contribution is 5.90. The van der Waals surface area contributed by atoms with E-state index in [9.17, 15) is 9.59 Å². The van der Waals surface area contributed by atoms with Crippen LogP contribution in [0.25, 0.3) is 22.2 Å². The Morgan fingerprint density at radius 3 is 2.68 bits per heavy atom. The number of carbonyl (C=O) groups is 1. The summed E-state index contributed by atoms with van der Waals surface area (Å²) in [7, 11) is 0. The number of aromatic amines is 1. The Morgan fingerprint density at radius 1 is 1.07 bits per heavy atom. The van der Waals surface area contributed by atoms with Gasteiger partial charge in [-0.05, 0) is 53.8 Å². The number of aryl methyl sites for hydroxylation is 1. The highest BCUT2D eigenvalue weighted by Crippen LogP contribution is 2.24. The molecule has 1 amide bonds. The van der Waals surface area contributed by atoms with Crippen molar-refractivity contribution in [1.29, 1.82) is 0 Å². The number of H-pyrrole nitrogens is 1. The number of carbonyl (C=O) groups excluding carboxylic acids is 1. The van der Waals surface area contributed by atoms with E-state index in [4.69, 9.17) is 4.42 Å². The van der Waals surface area contributed by atoms with Gasteiger partial charge in [0, 0.05) is 12.6 Å². The fraction of sp³-hybridized carbons (Fsp3) is 0.136. The van der Waals surface area contributed by atoms with E-state index in [1.807, 2.05) is 36.4 Å². The van der Waals surface area contributed by atoms with Crippen LogP contribution in [0.15, 0.2) is 76.2 Å². The van der Waals surface area contributed by atoms with Gasteiger partial charge < -0.3 is 9.73 Å². The Bertz CT molecular complexity index is 1150. The number of benzene rings is 2. The smallest absolute Gasteiger partial charge is 0.408 e. The molecule has 6 heteroatoms. The third kappa shape index (κ3) is 4.17. The van der Waals surface area contributed by atoms with Crippen LogP contribution < -0.4 is 11.1 Å². The Kier molecular flexibility index (Phi) is 5.01. The van der Waals surface area contributed by atoms with Crippen molar-refractivity contribution in [3.8, 4) is 11.1 Å². The van der Waals surface area contributed by atoms with E-state index in [-0.39, 0.29) is 5.91 Å². The summed E-state index contributed by atoms with van der Waals surface area (Å²) in [5.74, 6) is -0.457. The fourth-order valence-electron chi connectivity index (χ4n) is 3.10. The Morgan fingerprint density at radius 2 is 1.89 bits per heavy atom. The van der Waals surface area contributed by atoms with Gasteiger partial charge in [0.1, 0.15) is 0 Å². The van der Waals surface area contributed by atoms with Gasteiger partial charge in [0.25, 0.3) is 0 Å². The molecule has 2 heterocycles. The van der Waals surface area contributed by atoms with Crippen LogP contribution in [0.1, 0.15) is 18.4 Å². The molecule has 140 valence electrons. The van der Waals surface area contributed by atoms with Crippen LogP contribution in [0, 0.1) is 0 Å². The monoisotopic (exact) mass is 373 g/mol. The van der Waals surface area contributed by atoms with Crippen molar-refractivity contribution in [2.75, 3.05) is 5.32 Å². The molecule has 0 aliphatic rings. The van der Waals surface area contributed by atoms with Gasteiger partial charge in [0.05, 0.1) is 17.4 Å². The summed E-state index contributed by atoms with van der Waals surface area (Å²) >= 11 is 0. The average Bonchev–Trinajstić information content (AvgIpc) is 3.08. The zero-order valence-electron chi connectivity index (χ0n) is 15.1. The molecule has 0 spiro atoms. The Balaban J connectivity index is 1.34. The number of rotatable bonds is 6. The predicted octanol–water partition coefficient (Wildman–Crippen LogP) is 4.14. The van der Waals surface area contributed by atoms with Gasteiger partial charge in [0.15, 0.2) is 5.58 Å². The van der Waals surface area contributed by atoms with Crippen molar-refractivity contribution < 1.29 is 9.21 Å². The maximum Gasteiger partial charge on any atom is 0.417 e. The Labute approximate surface area is 161 Å². The van der Waals surface area contributed by atoms with Crippen LogP contribution in [0.5, 0.6) is 0 Å². The topological polar surface area (TPSA) is 88.0 Å². The molecule has 28 heavy (non-hydrogen) atoms. The molecular formula is C22H19N3O3. The number of pyridine rings is 1. The minimum atomic E-state index is -0.449. The molecule has 6 nitrogen and oxygen atoms in total. The lowest BCUT2D eigenvalue weighted by atomic mass is 10.0. The van der Waals surface area contributed by atoms with Crippen LogP contribution in [0.3, 0.4) is 0 Å². The SMILES string of the molecule is O=C(CCCc1ccc(-c2ccc3[nH]c(=O)oc3c2)cc1)Nc1cccnc1. The number of oxazole rings is 1. The molecule has 4 rings (SSSR count). The first-order valence-corrected chi connectivity index (χ1v) is 9.09. The maximum atomic E-state index is 12.0. The molecule has 0 saturated carbocycles. The molecule has 0 bridgehead atoms. The van der Waals surface area contributed by atoms with Gasteiger partial charge in [-0.3, -0.25) is 14.8 Å². The quantitative estimate of drug-likeness (QED) is 0.532. The zero-order valence-corrected chi connectivity index (χ0v) is 15.1. The predicted molar refractivity (Wildman–Crippen MR) is 108 cm³/mol. The number of nitrogens with one attached hydrogen (secondary N) is 2. The van der Waals surface area contributed by atoms with Crippen LogP contribution in [-0.2, 0) is 11.2 Å². The summed E-state index contributed by atoms with van der Waals surface area (Å²) in [5.41, 5.74) is 5.15. The van der Waals surface area contributed by atoms with E-state index in [1.165, 1.54) is 5.56 Å². The number of hydrogen-bond acceptors (Lipinski definition) is 4. The number of fused-ring (bicyclic) bond motifs is 1. The van der Waals surface area contributed by atoms with E-state index in [2.05, 4.69) is 27.4 Å². The summed E-state index contributed by atoms with van der Waals surface area (Å²) in [6, 6.07) is 17.4. The summed E-state index contributed by atoms with van der Waals surface area (Å²) < 4.78 is 5.12. The lowest BCUT2D eigenvalue weighted by Gasteiger charge is -2.06. The van der Waals surface area contributed by atoms with Gasteiger partial charge in [-0.15, -0.1) is 0 Å². The standard InChI is InChI=1S/C22H19N3O3/c26-21(24-18-4-2-12-23-14-18)5-1-3-15-6-8-16(9-7-15)17-10-11-19-20(13-17)28-22(27)25-19/h2,4,6-14H,1,3,5H2,(H,24,26)(H,25,27). The summed E-state index contributed by atoms with van der Waals surface area (Å²) in [6.45, 7) is 0. The van der Waals surface area contributed by atoms with E-state index in [1.54, 1.807) is 18.5 Å². The third-order valence-corrected chi connectivity index (χ3v) is 4.52. The van der Waals surface area contributed by atoms with Gasteiger partial charge in [-0.25, -0.2) is 4.79 Å². The molecule has 2 N–H and O–H groups in total. The molecule has 0 atom stereocenters.